The van der Waals surface area contributed by atoms with Crippen LogP contribution in [0.15, 0.2) is 76.6 Å². The maximum Gasteiger partial charge on any atom is 0.333 e. The van der Waals surface area contributed by atoms with E-state index in [9.17, 15) is 14.9 Å². The Morgan fingerprint density at radius 3 is 2.12 bits per heavy atom. The third kappa shape index (κ3) is 4.60. The van der Waals surface area contributed by atoms with E-state index in [0.717, 1.165) is 15.7 Å². The van der Waals surface area contributed by atoms with Crippen molar-refractivity contribution in [2.24, 2.45) is 5.92 Å². The normalized spacial score (nSPS) is 11.7. The van der Waals surface area contributed by atoms with Gasteiger partial charge in [0.25, 0.3) is 5.56 Å². The zero-order valence-corrected chi connectivity index (χ0v) is 18.0. The van der Waals surface area contributed by atoms with Crippen LogP contribution in [-0.2, 0) is 19.6 Å². The third-order valence-electron chi connectivity index (χ3n) is 5.55. The summed E-state index contributed by atoms with van der Waals surface area (Å²) < 4.78 is 4.33. The first kappa shape index (κ1) is 21.8. The molecule has 4 aromatic rings. The number of fused-ring (bicyclic) bond motifs is 1. The highest BCUT2D eigenvalue weighted by atomic mass is 16.2. The number of nitrogens with zero attached hydrogens (tertiary/aromatic N) is 6. The quantitative estimate of drug-likeness (QED) is 0.420. The highest BCUT2D eigenvalue weighted by Gasteiger charge is 2.21. The van der Waals surface area contributed by atoms with Gasteiger partial charge in [-0.05, 0) is 17.5 Å². The lowest BCUT2D eigenvalue weighted by atomic mass is 10.1. The first-order chi connectivity index (χ1) is 16.1. The van der Waals surface area contributed by atoms with Crippen LogP contribution in [0.3, 0.4) is 0 Å². The summed E-state index contributed by atoms with van der Waals surface area (Å²) in [6, 6.07) is 23.3. The Bertz CT molecular complexity index is 1450. The molecule has 0 saturated carbocycles. The highest BCUT2D eigenvalue weighted by Crippen LogP contribution is 2.13. The summed E-state index contributed by atoms with van der Waals surface area (Å²) in [6.45, 7) is 0.595. The van der Waals surface area contributed by atoms with Crippen LogP contribution < -0.4 is 11.2 Å². The molecule has 0 aliphatic rings. The number of aromatic nitrogens is 4. The monoisotopic (exact) mass is 438 g/mol. The van der Waals surface area contributed by atoms with Crippen molar-refractivity contribution in [1.29, 1.82) is 10.5 Å². The van der Waals surface area contributed by atoms with Crippen LogP contribution >= 0.6 is 0 Å². The largest absolute Gasteiger partial charge is 0.333 e. The summed E-state index contributed by atoms with van der Waals surface area (Å²) in [4.78, 5) is 31.3. The lowest BCUT2D eigenvalue weighted by Crippen LogP contribution is -2.42. The molecule has 0 aliphatic carbocycles. The van der Waals surface area contributed by atoms with Gasteiger partial charge in [-0.25, -0.2) is 9.78 Å². The van der Waals surface area contributed by atoms with Gasteiger partial charge in [0, 0.05) is 19.5 Å². The van der Waals surface area contributed by atoms with Gasteiger partial charge in [0.1, 0.15) is 0 Å². The fourth-order valence-electron chi connectivity index (χ4n) is 3.86. The van der Waals surface area contributed by atoms with Crippen LogP contribution in [0, 0.1) is 28.6 Å². The predicted molar refractivity (Wildman–Crippen MR) is 123 cm³/mol. The SMILES string of the molecule is N#CCC[C@H](C#N)Cn1c(=O)c2c(ncn2Cc2ccccc2)n(Cc2ccccc2)c1=O. The van der Waals surface area contributed by atoms with Gasteiger partial charge in [-0.3, -0.25) is 13.9 Å². The molecule has 0 spiro atoms. The van der Waals surface area contributed by atoms with Crippen LogP contribution in [-0.4, -0.2) is 18.7 Å². The first-order valence-corrected chi connectivity index (χ1v) is 10.6. The number of hydrogen-bond acceptors (Lipinski definition) is 5. The van der Waals surface area contributed by atoms with Crippen molar-refractivity contribution < 1.29 is 0 Å². The topological polar surface area (TPSA) is 109 Å². The minimum absolute atomic E-state index is 0.0723. The molecule has 2 aromatic carbocycles. The third-order valence-corrected chi connectivity index (χ3v) is 5.55. The average Bonchev–Trinajstić information content (AvgIpc) is 3.26. The second-order valence-electron chi connectivity index (χ2n) is 7.82. The standard InChI is InChI=1S/C25H22N6O2/c26-13-7-12-21(14-27)17-31-24(32)22-23(28-18-29(22)15-19-8-3-1-4-9-19)30(25(31)33)16-20-10-5-2-6-11-20/h1-6,8-11,18,21H,7,12,15-17H2/t21-/m1/s1. The highest BCUT2D eigenvalue weighted by molar-refractivity contribution is 5.70. The summed E-state index contributed by atoms with van der Waals surface area (Å²) >= 11 is 0. The maximum absolute atomic E-state index is 13.5. The molecule has 0 N–H and O–H groups in total. The van der Waals surface area contributed by atoms with Crippen molar-refractivity contribution in [2.45, 2.75) is 32.5 Å². The van der Waals surface area contributed by atoms with Crippen molar-refractivity contribution in [2.75, 3.05) is 0 Å². The Morgan fingerprint density at radius 2 is 1.52 bits per heavy atom. The van der Waals surface area contributed by atoms with Gasteiger partial charge in [0.05, 0.1) is 30.9 Å². The van der Waals surface area contributed by atoms with Crippen molar-refractivity contribution in [1.82, 2.24) is 18.7 Å². The second kappa shape index (κ2) is 9.80. The average molecular weight is 438 g/mol. The van der Waals surface area contributed by atoms with E-state index >= 15 is 0 Å². The summed E-state index contributed by atoms with van der Waals surface area (Å²) in [5.74, 6) is -0.622. The van der Waals surface area contributed by atoms with E-state index in [1.54, 1.807) is 10.9 Å². The van der Waals surface area contributed by atoms with Crippen LogP contribution in [0.2, 0.25) is 0 Å². The Morgan fingerprint density at radius 1 is 0.879 bits per heavy atom. The molecule has 0 fully saturated rings. The van der Waals surface area contributed by atoms with Gasteiger partial charge in [0.2, 0.25) is 0 Å². The Kier molecular flexibility index (Phi) is 6.47. The molecular formula is C25H22N6O2. The number of rotatable bonds is 8. The molecule has 0 radical (unpaired) electrons. The minimum atomic E-state index is -0.622. The Hall–Kier alpha value is -4.43. The van der Waals surface area contributed by atoms with Gasteiger partial charge in [-0.2, -0.15) is 10.5 Å². The smallest absolute Gasteiger partial charge is 0.320 e. The zero-order chi connectivity index (χ0) is 23.2. The van der Waals surface area contributed by atoms with Crippen molar-refractivity contribution >= 4 is 11.2 Å². The van der Waals surface area contributed by atoms with Crippen molar-refractivity contribution in [3.63, 3.8) is 0 Å². The predicted octanol–water partition coefficient (Wildman–Crippen LogP) is 2.90. The molecule has 2 heterocycles. The van der Waals surface area contributed by atoms with E-state index in [4.69, 9.17) is 5.26 Å². The van der Waals surface area contributed by atoms with E-state index in [0.29, 0.717) is 24.1 Å². The fraction of sp³-hybridized carbons (Fsp3) is 0.240. The van der Waals surface area contributed by atoms with Crippen LogP contribution in [0.4, 0.5) is 0 Å². The van der Waals surface area contributed by atoms with Gasteiger partial charge in [-0.15, -0.1) is 0 Å². The van der Waals surface area contributed by atoms with Crippen LogP contribution in [0.25, 0.3) is 11.2 Å². The lowest BCUT2D eigenvalue weighted by molar-refractivity contribution is 0.473. The van der Waals surface area contributed by atoms with E-state index < -0.39 is 17.2 Å². The first-order valence-electron chi connectivity index (χ1n) is 10.6. The minimum Gasteiger partial charge on any atom is -0.320 e. The summed E-state index contributed by atoms with van der Waals surface area (Å²) in [7, 11) is 0. The molecule has 0 bridgehead atoms. The summed E-state index contributed by atoms with van der Waals surface area (Å²) in [5.41, 5.74) is 1.51. The number of imidazole rings is 1. The number of benzene rings is 2. The fourth-order valence-corrected chi connectivity index (χ4v) is 3.86. The molecule has 0 saturated heterocycles. The summed E-state index contributed by atoms with van der Waals surface area (Å²) in [5, 5.41) is 18.4. The number of nitriles is 2. The summed E-state index contributed by atoms with van der Waals surface area (Å²) in [6.07, 6.45) is 2.04. The number of hydrogen-bond donors (Lipinski definition) is 0. The van der Waals surface area contributed by atoms with Gasteiger partial charge < -0.3 is 4.57 Å². The molecule has 2 aromatic heterocycles. The van der Waals surface area contributed by atoms with Gasteiger partial charge >= 0.3 is 5.69 Å². The molecule has 0 aliphatic heterocycles. The van der Waals surface area contributed by atoms with E-state index in [1.807, 2.05) is 66.7 Å². The molecule has 164 valence electrons. The molecule has 4 rings (SSSR count). The molecule has 8 nitrogen and oxygen atoms in total. The van der Waals surface area contributed by atoms with Gasteiger partial charge in [-0.1, -0.05) is 60.7 Å². The molecule has 8 heteroatoms. The molecule has 1 atom stereocenters. The molecule has 0 amide bonds. The molecular weight excluding hydrogens is 416 g/mol. The Balaban J connectivity index is 1.87. The molecule has 33 heavy (non-hydrogen) atoms. The van der Waals surface area contributed by atoms with Crippen molar-refractivity contribution in [3.05, 3.63) is 99.0 Å². The second-order valence-corrected chi connectivity index (χ2v) is 7.82. The van der Waals surface area contributed by atoms with Crippen LogP contribution in [0.1, 0.15) is 24.0 Å². The van der Waals surface area contributed by atoms with Gasteiger partial charge in [0.15, 0.2) is 11.2 Å². The van der Waals surface area contributed by atoms with Crippen molar-refractivity contribution in [3.8, 4) is 12.1 Å². The van der Waals surface area contributed by atoms with E-state index in [2.05, 4.69) is 11.1 Å². The van der Waals surface area contributed by atoms with Crippen LogP contribution in [0.5, 0.6) is 0 Å². The lowest BCUT2D eigenvalue weighted by Gasteiger charge is -2.14. The zero-order valence-electron chi connectivity index (χ0n) is 18.0. The Labute approximate surface area is 190 Å². The maximum atomic E-state index is 13.5. The van der Waals surface area contributed by atoms with E-state index in [1.165, 1.54) is 4.57 Å². The van der Waals surface area contributed by atoms with E-state index in [-0.39, 0.29) is 19.5 Å². The molecule has 0 unspecified atom stereocenters.